The summed E-state index contributed by atoms with van der Waals surface area (Å²) in [6, 6.07) is 5.95. The molecular weight excluding hydrogens is 214 g/mol. The van der Waals surface area contributed by atoms with E-state index < -0.39 is 0 Å². The smallest absolute Gasteiger partial charge is 0.220 e. The minimum atomic E-state index is -0.130. The largest absolute Gasteiger partial charge is 0.351 e. The number of aromatic nitrogens is 2. The maximum absolute atomic E-state index is 11.3. The average molecular weight is 229 g/mol. The van der Waals surface area contributed by atoms with Crippen molar-refractivity contribution in [1.29, 1.82) is 0 Å². The van der Waals surface area contributed by atoms with Crippen molar-refractivity contribution in [2.45, 2.75) is 31.7 Å². The van der Waals surface area contributed by atoms with Crippen molar-refractivity contribution in [3.8, 4) is 0 Å². The molecule has 0 radical (unpaired) electrons. The van der Waals surface area contributed by atoms with E-state index in [0.29, 0.717) is 6.42 Å². The van der Waals surface area contributed by atoms with Crippen LogP contribution in [0, 0.1) is 0 Å². The Morgan fingerprint density at radius 2 is 2.41 bits per heavy atom. The Hall–Kier alpha value is -1.84. The molecule has 1 aliphatic heterocycles. The van der Waals surface area contributed by atoms with Gasteiger partial charge in [-0.05, 0) is 25.5 Å². The van der Waals surface area contributed by atoms with Crippen LogP contribution in [0.3, 0.4) is 0 Å². The van der Waals surface area contributed by atoms with E-state index in [2.05, 4.69) is 17.2 Å². The summed E-state index contributed by atoms with van der Waals surface area (Å²) in [6.07, 6.45) is 6.33. The Morgan fingerprint density at radius 1 is 1.53 bits per heavy atom. The van der Waals surface area contributed by atoms with Crippen molar-refractivity contribution in [2.75, 3.05) is 0 Å². The van der Waals surface area contributed by atoms with Gasteiger partial charge in [-0.25, -0.2) is 4.98 Å². The van der Waals surface area contributed by atoms with Gasteiger partial charge in [0.2, 0.25) is 5.91 Å². The Morgan fingerprint density at radius 3 is 3.12 bits per heavy atom. The summed E-state index contributed by atoms with van der Waals surface area (Å²) < 4.78 is 2.01. The molecule has 0 aliphatic carbocycles. The number of rotatable bonds is 2. The number of carbonyl (C=O) groups excluding carboxylic acids is 1. The van der Waals surface area contributed by atoms with Crippen molar-refractivity contribution in [3.63, 3.8) is 0 Å². The third-order valence-corrected chi connectivity index (χ3v) is 3.33. The van der Waals surface area contributed by atoms with Gasteiger partial charge in [0.1, 0.15) is 5.65 Å². The lowest BCUT2D eigenvalue weighted by Crippen LogP contribution is -2.40. The summed E-state index contributed by atoms with van der Waals surface area (Å²) in [5.41, 5.74) is 1.85. The summed E-state index contributed by atoms with van der Waals surface area (Å²) in [4.78, 5) is 15.8. The molecule has 0 bridgehead atoms. The van der Waals surface area contributed by atoms with Crippen LogP contribution >= 0.6 is 0 Å². The first kappa shape index (κ1) is 10.3. The fourth-order valence-electron chi connectivity index (χ4n) is 2.46. The van der Waals surface area contributed by atoms with Crippen LogP contribution in [0.25, 0.3) is 5.65 Å². The topological polar surface area (TPSA) is 46.4 Å². The van der Waals surface area contributed by atoms with E-state index in [1.54, 1.807) is 0 Å². The Kier molecular flexibility index (Phi) is 2.18. The number of fused-ring (bicyclic) bond motifs is 1. The van der Waals surface area contributed by atoms with Gasteiger partial charge in [-0.3, -0.25) is 4.79 Å². The monoisotopic (exact) mass is 229 g/mol. The first-order valence-corrected chi connectivity index (χ1v) is 5.88. The highest BCUT2D eigenvalue weighted by Gasteiger charge is 2.33. The molecule has 1 aliphatic rings. The van der Waals surface area contributed by atoms with E-state index in [1.165, 1.54) is 0 Å². The predicted molar refractivity (Wildman–Crippen MR) is 64.7 cm³/mol. The van der Waals surface area contributed by atoms with Crippen molar-refractivity contribution in [2.24, 2.45) is 0 Å². The van der Waals surface area contributed by atoms with Crippen LogP contribution in [0.4, 0.5) is 0 Å². The van der Waals surface area contributed by atoms with Gasteiger partial charge in [0.15, 0.2) is 0 Å². The predicted octanol–water partition coefficient (Wildman–Crippen LogP) is 1.55. The SMILES string of the molecule is CC1(Cc2cn3ccccc3n2)CCC(=O)N1. The van der Waals surface area contributed by atoms with E-state index >= 15 is 0 Å². The van der Waals surface area contributed by atoms with E-state index in [1.807, 2.05) is 35.0 Å². The van der Waals surface area contributed by atoms with Crippen molar-refractivity contribution in [3.05, 3.63) is 36.3 Å². The fraction of sp³-hybridized carbons (Fsp3) is 0.385. The lowest BCUT2D eigenvalue weighted by Gasteiger charge is -2.22. The second-order valence-corrected chi connectivity index (χ2v) is 4.98. The van der Waals surface area contributed by atoms with Crippen LogP contribution in [0.1, 0.15) is 25.5 Å². The van der Waals surface area contributed by atoms with E-state index in [0.717, 1.165) is 24.2 Å². The molecule has 1 N–H and O–H groups in total. The molecule has 1 unspecified atom stereocenters. The number of nitrogens with zero attached hydrogens (tertiary/aromatic N) is 2. The molecule has 4 nitrogen and oxygen atoms in total. The van der Waals surface area contributed by atoms with Gasteiger partial charge < -0.3 is 9.72 Å². The Labute approximate surface area is 99.7 Å². The van der Waals surface area contributed by atoms with Crippen LogP contribution in [-0.4, -0.2) is 20.8 Å². The van der Waals surface area contributed by atoms with Gasteiger partial charge in [0.05, 0.1) is 5.69 Å². The van der Waals surface area contributed by atoms with Gasteiger partial charge in [0, 0.05) is 30.8 Å². The zero-order chi connectivity index (χ0) is 11.9. The molecule has 3 rings (SSSR count). The highest BCUT2D eigenvalue weighted by atomic mass is 16.2. The van der Waals surface area contributed by atoms with Gasteiger partial charge in [-0.2, -0.15) is 0 Å². The number of hydrogen-bond acceptors (Lipinski definition) is 2. The molecule has 1 saturated heterocycles. The summed E-state index contributed by atoms with van der Waals surface area (Å²) >= 11 is 0. The third-order valence-electron chi connectivity index (χ3n) is 3.33. The number of carbonyl (C=O) groups is 1. The summed E-state index contributed by atoms with van der Waals surface area (Å²) in [6.45, 7) is 2.09. The maximum atomic E-state index is 11.3. The zero-order valence-corrected chi connectivity index (χ0v) is 9.81. The van der Waals surface area contributed by atoms with Gasteiger partial charge in [-0.1, -0.05) is 6.07 Å². The van der Waals surface area contributed by atoms with Gasteiger partial charge >= 0.3 is 0 Å². The molecule has 3 heterocycles. The molecule has 1 fully saturated rings. The van der Waals surface area contributed by atoms with Crippen LogP contribution in [-0.2, 0) is 11.2 Å². The number of pyridine rings is 1. The number of amides is 1. The van der Waals surface area contributed by atoms with Gasteiger partial charge in [-0.15, -0.1) is 0 Å². The lowest BCUT2D eigenvalue weighted by atomic mass is 9.94. The van der Waals surface area contributed by atoms with Gasteiger partial charge in [0.25, 0.3) is 0 Å². The summed E-state index contributed by atoms with van der Waals surface area (Å²) in [5.74, 6) is 0.149. The molecular formula is C13H15N3O. The Balaban J connectivity index is 1.87. The van der Waals surface area contributed by atoms with Crippen molar-refractivity contribution < 1.29 is 4.79 Å². The first-order valence-electron chi connectivity index (χ1n) is 5.88. The molecule has 4 heteroatoms. The molecule has 2 aromatic rings. The standard InChI is InChI=1S/C13H15N3O/c1-13(6-5-12(17)15-13)8-10-9-16-7-3-2-4-11(16)14-10/h2-4,7,9H,5-6,8H2,1H3,(H,15,17). The second-order valence-electron chi connectivity index (χ2n) is 4.98. The molecule has 1 amide bonds. The highest BCUT2D eigenvalue weighted by molar-refractivity contribution is 5.79. The molecule has 17 heavy (non-hydrogen) atoms. The first-order chi connectivity index (χ1) is 8.15. The molecule has 0 aromatic carbocycles. The molecule has 0 saturated carbocycles. The van der Waals surface area contributed by atoms with E-state index in [4.69, 9.17) is 0 Å². The molecule has 88 valence electrons. The molecule has 2 aromatic heterocycles. The number of nitrogens with one attached hydrogen (secondary N) is 1. The summed E-state index contributed by atoms with van der Waals surface area (Å²) in [7, 11) is 0. The van der Waals surface area contributed by atoms with Crippen LogP contribution in [0.2, 0.25) is 0 Å². The van der Waals surface area contributed by atoms with Crippen molar-refractivity contribution in [1.82, 2.24) is 14.7 Å². The summed E-state index contributed by atoms with van der Waals surface area (Å²) in [5, 5.41) is 3.03. The fourth-order valence-corrected chi connectivity index (χ4v) is 2.46. The molecule has 0 spiro atoms. The minimum absolute atomic E-state index is 0.130. The Bertz CT molecular complexity index is 542. The zero-order valence-electron chi connectivity index (χ0n) is 9.81. The maximum Gasteiger partial charge on any atom is 0.220 e. The quantitative estimate of drug-likeness (QED) is 0.849. The number of hydrogen-bond donors (Lipinski definition) is 1. The third kappa shape index (κ3) is 1.90. The lowest BCUT2D eigenvalue weighted by molar-refractivity contribution is -0.119. The van der Waals surface area contributed by atoms with Crippen LogP contribution in [0.15, 0.2) is 30.6 Å². The van der Waals surface area contributed by atoms with E-state index in [9.17, 15) is 4.79 Å². The van der Waals surface area contributed by atoms with E-state index in [-0.39, 0.29) is 11.4 Å². The average Bonchev–Trinajstić information content (AvgIpc) is 2.81. The minimum Gasteiger partial charge on any atom is -0.351 e. The van der Waals surface area contributed by atoms with Crippen LogP contribution < -0.4 is 5.32 Å². The van der Waals surface area contributed by atoms with Crippen molar-refractivity contribution >= 4 is 11.6 Å². The highest BCUT2D eigenvalue weighted by Crippen LogP contribution is 2.23. The van der Waals surface area contributed by atoms with Crippen LogP contribution in [0.5, 0.6) is 0 Å². The number of imidazole rings is 1. The molecule has 1 atom stereocenters. The normalized spacial score (nSPS) is 24.2. The second kappa shape index (κ2) is 3.58.